The lowest BCUT2D eigenvalue weighted by Gasteiger charge is -2.31. The van der Waals surface area contributed by atoms with E-state index in [-0.39, 0.29) is 18.2 Å². The average molecular weight is 311 g/mol. The molecule has 1 N–H and O–H groups in total. The van der Waals surface area contributed by atoms with Crippen LogP contribution < -0.4 is 0 Å². The first-order chi connectivity index (χ1) is 9.24. The second-order valence-corrected chi connectivity index (χ2v) is 7.06. The SMILES string of the molecule is CCS(=O)(=O)N1CCCC(c2cc(C(F)(F)F)n[nH]2)C1. The highest BCUT2D eigenvalue weighted by Gasteiger charge is 2.36. The Morgan fingerprint density at radius 1 is 1.50 bits per heavy atom. The summed E-state index contributed by atoms with van der Waals surface area (Å²) in [7, 11) is -3.31. The third kappa shape index (κ3) is 3.14. The fraction of sp³-hybridized carbons (Fsp3) is 0.727. The van der Waals surface area contributed by atoms with Crippen LogP contribution in [0.4, 0.5) is 13.2 Å². The summed E-state index contributed by atoms with van der Waals surface area (Å²) in [5, 5.41) is 5.63. The molecule has 1 aromatic heterocycles. The van der Waals surface area contributed by atoms with Gasteiger partial charge in [0.2, 0.25) is 10.0 Å². The van der Waals surface area contributed by atoms with E-state index in [9.17, 15) is 21.6 Å². The first-order valence-corrected chi connectivity index (χ1v) is 7.95. The van der Waals surface area contributed by atoms with E-state index in [0.717, 1.165) is 6.07 Å². The van der Waals surface area contributed by atoms with E-state index in [1.54, 1.807) is 6.92 Å². The van der Waals surface area contributed by atoms with Crippen molar-refractivity contribution in [1.82, 2.24) is 14.5 Å². The van der Waals surface area contributed by atoms with Gasteiger partial charge in [0.1, 0.15) is 0 Å². The number of halogens is 3. The van der Waals surface area contributed by atoms with E-state index in [1.807, 2.05) is 0 Å². The first kappa shape index (κ1) is 15.3. The molecule has 20 heavy (non-hydrogen) atoms. The van der Waals surface area contributed by atoms with Crippen LogP contribution in [0.3, 0.4) is 0 Å². The minimum atomic E-state index is -4.49. The van der Waals surface area contributed by atoms with Crippen LogP contribution in [0, 0.1) is 0 Å². The number of nitrogens with one attached hydrogen (secondary N) is 1. The van der Waals surface area contributed by atoms with Crippen LogP contribution in [-0.4, -0.2) is 41.8 Å². The average Bonchev–Trinajstić information content (AvgIpc) is 2.88. The number of aromatic nitrogens is 2. The number of piperidine rings is 1. The molecular formula is C11H16F3N3O2S. The van der Waals surface area contributed by atoms with Gasteiger partial charge in [-0.2, -0.15) is 18.3 Å². The molecule has 1 aromatic rings. The molecule has 1 fully saturated rings. The molecule has 0 aliphatic carbocycles. The van der Waals surface area contributed by atoms with Gasteiger partial charge in [0.25, 0.3) is 0 Å². The number of sulfonamides is 1. The predicted molar refractivity (Wildman–Crippen MR) is 66.6 cm³/mol. The van der Waals surface area contributed by atoms with E-state index in [4.69, 9.17) is 0 Å². The third-order valence-corrected chi connectivity index (χ3v) is 5.32. The highest BCUT2D eigenvalue weighted by atomic mass is 32.2. The van der Waals surface area contributed by atoms with E-state index >= 15 is 0 Å². The molecule has 0 amide bonds. The maximum absolute atomic E-state index is 12.5. The number of hydrogen-bond donors (Lipinski definition) is 1. The summed E-state index contributed by atoms with van der Waals surface area (Å²) in [6.07, 6.45) is -3.21. The molecule has 2 heterocycles. The molecule has 114 valence electrons. The molecule has 5 nitrogen and oxygen atoms in total. The van der Waals surface area contributed by atoms with Crippen LogP contribution in [-0.2, 0) is 16.2 Å². The Balaban J connectivity index is 2.15. The second-order valence-electron chi connectivity index (χ2n) is 4.80. The molecular weight excluding hydrogens is 295 g/mol. The van der Waals surface area contributed by atoms with E-state index in [2.05, 4.69) is 10.2 Å². The molecule has 0 aromatic carbocycles. The zero-order chi connectivity index (χ0) is 15.0. The predicted octanol–water partition coefficient (Wildman–Crippen LogP) is 1.96. The lowest BCUT2D eigenvalue weighted by molar-refractivity contribution is -0.141. The lowest BCUT2D eigenvalue weighted by Crippen LogP contribution is -2.39. The lowest BCUT2D eigenvalue weighted by atomic mass is 9.96. The number of H-pyrrole nitrogens is 1. The molecule has 0 spiro atoms. The summed E-state index contributed by atoms with van der Waals surface area (Å²) in [6, 6.07) is 0.965. The van der Waals surface area contributed by atoms with Gasteiger partial charge < -0.3 is 0 Å². The molecule has 0 bridgehead atoms. The van der Waals surface area contributed by atoms with Crippen LogP contribution >= 0.6 is 0 Å². The van der Waals surface area contributed by atoms with Crippen LogP contribution in [0.1, 0.15) is 37.1 Å². The normalized spacial score (nSPS) is 22.1. The van der Waals surface area contributed by atoms with E-state index in [0.29, 0.717) is 25.1 Å². The summed E-state index contributed by atoms with van der Waals surface area (Å²) in [5.74, 6) is -0.273. The highest BCUT2D eigenvalue weighted by molar-refractivity contribution is 7.89. The quantitative estimate of drug-likeness (QED) is 0.928. The van der Waals surface area contributed by atoms with Gasteiger partial charge in [0.15, 0.2) is 5.69 Å². The molecule has 9 heteroatoms. The van der Waals surface area contributed by atoms with Crippen molar-refractivity contribution < 1.29 is 21.6 Å². The number of nitrogens with zero attached hydrogens (tertiary/aromatic N) is 2. The van der Waals surface area contributed by atoms with Crippen molar-refractivity contribution in [3.63, 3.8) is 0 Å². The van der Waals surface area contributed by atoms with Gasteiger partial charge in [0, 0.05) is 24.7 Å². The fourth-order valence-electron chi connectivity index (χ4n) is 2.32. The molecule has 1 saturated heterocycles. The maximum atomic E-state index is 12.5. The van der Waals surface area contributed by atoms with Crippen LogP contribution in [0.5, 0.6) is 0 Å². The van der Waals surface area contributed by atoms with Crippen LogP contribution in [0.2, 0.25) is 0 Å². The van der Waals surface area contributed by atoms with Gasteiger partial charge in [-0.3, -0.25) is 5.10 Å². The minimum Gasteiger partial charge on any atom is -0.282 e. The van der Waals surface area contributed by atoms with Gasteiger partial charge in [-0.25, -0.2) is 12.7 Å². The zero-order valence-corrected chi connectivity index (χ0v) is 11.8. The Hall–Kier alpha value is -1.09. The third-order valence-electron chi connectivity index (χ3n) is 3.47. The van der Waals surface area contributed by atoms with E-state index < -0.39 is 21.9 Å². The zero-order valence-electron chi connectivity index (χ0n) is 10.9. The molecule has 1 aliphatic rings. The smallest absolute Gasteiger partial charge is 0.282 e. The van der Waals surface area contributed by atoms with Crippen molar-refractivity contribution in [2.24, 2.45) is 0 Å². The van der Waals surface area contributed by atoms with Crippen LogP contribution in [0.25, 0.3) is 0 Å². The molecule has 1 aliphatic heterocycles. The first-order valence-electron chi connectivity index (χ1n) is 6.34. The van der Waals surface area contributed by atoms with Crippen molar-refractivity contribution in [2.45, 2.75) is 31.9 Å². The molecule has 0 radical (unpaired) electrons. The van der Waals surface area contributed by atoms with Crippen molar-refractivity contribution in [2.75, 3.05) is 18.8 Å². The molecule has 2 rings (SSSR count). The Labute approximate surface area is 115 Å². The second kappa shape index (κ2) is 5.36. The summed E-state index contributed by atoms with van der Waals surface area (Å²) < 4.78 is 62.5. The Bertz CT molecular complexity index is 568. The van der Waals surface area contributed by atoms with Crippen molar-refractivity contribution in [3.8, 4) is 0 Å². The summed E-state index contributed by atoms with van der Waals surface area (Å²) in [5.41, 5.74) is -0.628. The monoisotopic (exact) mass is 311 g/mol. The number of hydrogen-bond acceptors (Lipinski definition) is 3. The summed E-state index contributed by atoms with van der Waals surface area (Å²) >= 11 is 0. The standard InChI is InChI=1S/C11H16F3N3O2S/c1-2-20(18,19)17-5-3-4-8(7-17)9-6-10(16-15-9)11(12,13)14/h6,8H,2-5,7H2,1H3,(H,15,16). The largest absolute Gasteiger partial charge is 0.435 e. The maximum Gasteiger partial charge on any atom is 0.435 e. The van der Waals surface area contributed by atoms with E-state index in [1.165, 1.54) is 4.31 Å². The Morgan fingerprint density at radius 2 is 2.20 bits per heavy atom. The molecule has 1 atom stereocenters. The number of rotatable bonds is 3. The highest BCUT2D eigenvalue weighted by Crippen LogP contribution is 2.32. The van der Waals surface area contributed by atoms with Crippen molar-refractivity contribution in [1.29, 1.82) is 0 Å². The minimum absolute atomic E-state index is 0.00347. The van der Waals surface area contributed by atoms with Gasteiger partial charge in [-0.15, -0.1) is 0 Å². The van der Waals surface area contributed by atoms with Gasteiger partial charge in [-0.1, -0.05) is 0 Å². The Morgan fingerprint density at radius 3 is 2.75 bits per heavy atom. The van der Waals surface area contributed by atoms with Gasteiger partial charge >= 0.3 is 6.18 Å². The Kier molecular flexibility index (Phi) is 4.10. The fourth-order valence-corrected chi connectivity index (χ4v) is 3.50. The summed E-state index contributed by atoms with van der Waals surface area (Å²) in [4.78, 5) is 0. The van der Waals surface area contributed by atoms with Crippen LogP contribution in [0.15, 0.2) is 6.07 Å². The van der Waals surface area contributed by atoms with Gasteiger partial charge in [0.05, 0.1) is 5.75 Å². The number of aromatic amines is 1. The van der Waals surface area contributed by atoms with Crippen molar-refractivity contribution in [3.05, 3.63) is 17.5 Å². The summed E-state index contributed by atoms with van der Waals surface area (Å²) in [6.45, 7) is 2.18. The molecule has 0 saturated carbocycles. The topological polar surface area (TPSA) is 66.1 Å². The van der Waals surface area contributed by atoms with Gasteiger partial charge in [-0.05, 0) is 25.8 Å². The molecule has 1 unspecified atom stereocenters. The van der Waals surface area contributed by atoms with Crippen molar-refractivity contribution >= 4 is 10.0 Å². The number of alkyl halides is 3.